The summed E-state index contributed by atoms with van der Waals surface area (Å²) in [6.45, 7) is 2.13. The van der Waals surface area contributed by atoms with E-state index < -0.39 is 0 Å². The van der Waals surface area contributed by atoms with E-state index in [-0.39, 0.29) is 11.9 Å². The number of nitrogens with one attached hydrogen (secondary N) is 1. The molecule has 2 saturated carbocycles. The summed E-state index contributed by atoms with van der Waals surface area (Å²) in [5.41, 5.74) is 0. The smallest absolute Gasteiger partial charge is 0.287 e. The van der Waals surface area contributed by atoms with Gasteiger partial charge in [0, 0.05) is 6.04 Å². The Hall–Kier alpha value is -0.770. The van der Waals surface area contributed by atoms with Crippen LogP contribution in [-0.4, -0.2) is 11.9 Å². The maximum atomic E-state index is 12.0. The van der Waals surface area contributed by atoms with E-state index in [9.17, 15) is 4.79 Å². The second-order valence-electron chi connectivity index (χ2n) is 5.70. The van der Waals surface area contributed by atoms with Crippen LogP contribution in [0.3, 0.4) is 0 Å². The first-order valence-corrected chi connectivity index (χ1v) is 7.49. The molecule has 0 saturated heterocycles. The third kappa shape index (κ3) is 2.22. The Labute approximate surface area is 115 Å². The summed E-state index contributed by atoms with van der Waals surface area (Å²) in [6, 6.07) is 3.70. The van der Waals surface area contributed by atoms with Gasteiger partial charge in [0.2, 0.25) is 0 Å². The lowest BCUT2D eigenvalue weighted by Gasteiger charge is -2.28. The highest BCUT2D eigenvalue weighted by molar-refractivity contribution is 9.10. The summed E-state index contributed by atoms with van der Waals surface area (Å²) in [4.78, 5) is 12.0. The molecule has 1 heterocycles. The van der Waals surface area contributed by atoms with Crippen molar-refractivity contribution < 1.29 is 9.21 Å². The maximum Gasteiger partial charge on any atom is 0.287 e. The fourth-order valence-electron chi connectivity index (χ4n) is 3.73. The van der Waals surface area contributed by atoms with Crippen LogP contribution < -0.4 is 5.32 Å². The van der Waals surface area contributed by atoms with Crippen LogP contribution in [0.4, 0.5) is 0 Å². The molecule has 2 bridgehead atoms. The van der Waals surface area contributed by atoms with Gasteiger partial charge in [0.25, 0.3) is 5.91 Å². The molecule has 2 aliphatic carbocycles. The van der Waals surface area contributed by atoms with Crippen molar-refractivity contribution in [2.75, 3.05) is 0 Å². The van der Waals surface area contributed by atoms with Gasteiger partial charge in [-0.1, -0.05) is 6.42 Å². The van der Waals surface area contributed by atoms with Gasteiger partial charge < -0.3 is 9.73 Å². The average molecular weight is 312 g/mol. The van der Waals surface area contributed by atoms with Gasteiger partial charge in [-0.15, -0.1) is 0 Å². The van der Waals surface area contributed by atoms with Crippen molar-refractivity contribution in [2.24, 2.45) is 17.8 Å². The Morgan fingerprint density at radius 2 is 2.28 bits per heavy atom. The van der Waals surface area contributed by atoms with Crippen LogP contribution >= 0.6 is 15.9 Å². The second-order valence-corrected chi connectivity index (χ2v) is 6.49. The number of rotatable bonds is 3. The molecule has 0 aromatic carbocycles. The number of fused-ring (bicyclic) bond motifs is 2. The monoisotopic (exact) mass is 311 g/mol. The van der Waals surface area contributed by atoms with Crippen molar-refractivity contribution >= 4 is 21.8 Å². The molecule has 0 unspecified atom stereocenters. The Kier molecular flexibility index (Phi) is 3.22. The van der Waals surface area contributed by atoms with E-state index in [4.69, 9.17) is 4.42 Å². The first kappa shape index (κ1) is 12.3. The lowest BCUT2D eigenvalue weighted by Crippen LogP contribution is -2.39. The maximum absolute atomic E-state index is 12.0. The molecule has 1 amide bonds. The molecule has 3 nitrogen and oxygen atoms in total. The molecule has 98 valence electrons. The van der Waals surface area contributed by atoms with Crippen molar-refractivity contribution in [1.29, 1.82) is 0 Å². The predicted octanol–water partition coefficient (Wildman–Crippen LogP) is 3.60. The lowest BCUT2D eigenvalue weighted by atomic mass is 9.84. The number of hydrogen-bond acceptors (Lipinski definition) is 2. The van der Waals surface area contributed by atoms with Gasteiger partial charge in [-0.3, -0.25) is 4.79 Å². The molecule has 0 aliphatic heterocycles. The number of carbonyl (C=O) groups excluding carboxylic acids is 1. The summed E-state index contributed by atoms with van der Waals surface area (Å²) >= 11 is 3.21. The standard InChI is InChI=1S/C14H18BrNO2/c1-8(11-7-9-2-3-10(11)6-9)16-14(17)12-4-5-13(15)18-12/h4-5,8-11H,2-3,6-7H2,1H3,(H,16,17)/t8-,9+,10+,11-/m0/s1. The normalized spacial score (nSPS) is 31.6. The summed E-state index contributed by atoms with van der Waals surface area (Å²) < 4.78 is 5.87. The molecule has 18 heavy (non-hydrogen) atoms. The molecular formula is C14H18BrNO2. The molecule has 0 radical (unpaired) electrons. The van der Waals surface area contributed by atoms with E-state index >= 15 is 0 Å². The molecule has 1 aromatic rings. The van der Waals surface area contributed by atoms with Crippen molar-refractivity contribution in [3.05, 3.63) is 22.6 Å². The average Bonchev–Trinajstić information content (AvgIpc) is 3.03. The van der Waals surface area contributed by atoms with Gasteiger partial charge in [-0.25, -0.2) is 0 Å². The summed E-state index contributed by atoms with van der Waals surface area (Å²) in [7, 11) is 0. The number of hydrogen-bond donors (Lipinski definition) is 1. The predicted molar refractivity (Wildman–Crippen MR) is 72.3 cm³/mol. The van der Waals surface area contributed by atoms with Gasteiger partial charge in [0.05, 0.1) is 0 Å². The van der Waals surface area contributed by atoms with E-state index in [1.54, 1.807) is 12.1 Å². The first-order valence-electron chi connectivity index (χ1n) is 6.69. The fraction of sp³-hybridized carbons (Fsp3) is 0.643. The molecule has 4 atom stereocenters. The van der Waals surface area contributed by atoms with Crippen molar-refractivity contribution in [1.82, 2.24) is 5.32 Å². The zero-order chi connectivity index (χ0) is 12.7. The van der Waals surface area contributed by atoms with Gasteiger partial charge in [-0.05, 0) is 72.0 Å². The van der Waals surface area contributed by atoms with Crippen molar-refractivity contribution in [3.8, 4) is 0 Å². The van der Waals surface area contributed by atoms with Crippen LogP contribution in [0.1, 0.15) is 43.2 Å². The second kappa shape index (κ2) is 4.72. The summed E-state index contributed by atoms with van der Waals surface area (Å²) in [6.07, 6.45) is 5.40. The van der Waals surface area contributed by atoms with Gasteiger partial charge >= 0.3 is 0 Å². The highest BCUT2D eigenvalue weighted by Gasteiger charge is 2.42. The van der Waals surface area contributed by atoms with E-state index in [0.717, 1.165) is 11.8 Å². The summed E-state index contributed by atoms with van der Waals surface area (Å²) in [5, 5.41) is 3.08. The molecule has 2 aliphatic rings. The largest absolute Gasteiger partial charge is 0.444 e. The molecule has 1 aromatic heterocycles. The van der Waals surface area contributed by atoms with Gasteiger partial charge in [0.15, 0.2) is 10.4 Å². The van der Waals surface area contributed by atoms with Crippen LogP contribution in [0.2, 0.25) is 0 Å². The van der Waals surface area contributed by atoms with Gasteiger partial charge in [-0.2, -0.15) is 0 Å². The van der Waals surface area contributed by atoms with Crippen LogP contribution in [0.5, 0.6) is 0 Å². The molecule has 3 rings (SSSR count). The number of amides is 1. The Bertz CT molecular complexity index is 456. The van der Waals surface area contributed by atoms with Crippen LogP contribution in [0.25, 0.3) is 0 Å². The van der Waals surface area contributed by atoms with E-state index in [1.165, 1.54) is 25.7 Å². The summed E-state index contributed by atoms with van der Waals surface area (Å²) in [5.74, 6) is 2.68. The zero-order valence-corrected chi connectivity index (χ0v) is 12.1. The van der Waals surface area contributed by atoms with Crippen LogP contribution in [-0.2, 0) is 0 Å². The zero-order valence-electron chi connectivity index (χ0n) is 10.5. The van der Waals surface area contributed by atoms with Crippen molar-refractivity contribution in [3.63, 3.8) is 0 Å². The molecule has 0 spiro atoms. The molecule has 1 N–H and O–H groups in total. The number of furan rings is 1. The number of halogens is 1. The third-order valence-corrected chi connectivity index (χ3v) is 5.02. The first-order chi connectivity index (χ1) is 8.63. The minimum absolute atomic E-state index is 0.101. The fourth-order valence-corrected chi connectivity index (χ4v) is 4.03. The van der Waals surface area contributed by atoms with E-state index in [0.29, 0.717) is 16.3 Å². The Morgan fingerprint density at radius 1 is 1.44 bits per heavy atom. The highest BCUT2D eigenvalue weighted by Crippen LogP contribution is 2.49. The van der Waals surface area contributed by atoms with Crippen LogP contribution in [0, 0.1) is 17.8 Å². The van der Waals surface area contributed by atoms with Crippen molar-refractivity contribution in [2.45, 2.75) is 38.6 Å². The van der Waals surface area contributed by atoms with E-state index in [1.807, 2.05) is 0 Å². The minimum atomic E-state index is -0.101. The Balaban J connectivity index is 1.61. The lowest BCUT2D eigenvalue weighted by molar-refractivity contribution is 0.0886. The minimum Gasteiger partial charge on any atom is -0.444 e. The quantitative estimate of drug-likeness (QED) is 0.926. The molecular weight excluding hydrogens is 294 g/mol. The van der Waals surface area contributed by atoms with Gasteiger partial charge in [0.1, 0.15) is 0 Å². The SMILES string of the molecule is C[C@H](NC(=O)c1ccc(Br)o1)[C@@H]1C[C@@H]2CC[C@@H]1C2. The third-order valence-electron chi connectivity index (χ3n) is 4.59. The molecule has 2 fully saturated rings. The topological polar surface area (TPSA) is 42.2 Å². The number of carbonyl (C=O) groups is 1. The Morgan fingerprint density at radius 3 is 2.83 bits per heavy atom. The molecule has 4 heteroatoms. The van der Waals surface area contributed by atoms with E-state index in [2.05, 4.69) is 28.2 Å². The highest BCUT2D eigenvalue weighted by atomic mass is 79.9. The van der Waals surface area contributed by atoms with Crippen LogP contribution in [0.15, 0.2) is 21.2 Å².